The Balaban J connectivity index is 1.47. The average molecular weight is 587 g/mol. The number of benzene rings is 3. The van der Waals surface area contributed by atoms with E-state index in [1.807, 2.05) is 92.6 Å². The molecule has 0 saturated carbocycles. The number of nitrogens with zero attached hydrogens (tertiary/aromatic N) is 5. The Hall–Kier alpha value is -4.44. The van der Waals surface area contributed by atoms with Crippen LogP contribution in [0.5, 0.6) is 0 Å². The molecule has 0 unspecified atom stereocenters. The lowest BCUT2D eigenvalue weighted by atomic mass is 9.99. The molecule has 10 heteroatoms. The van der Waals surface area contributed by atoms with E-state index in [0.29, 0.717) is 37.2 Å². The smallest absolute Gasteiger partial charge is 0.332 e. The first-order valence-corrected chi connectivity index (χ1v) is 14.7. The molecular formula is C33H39FN6O3. The zero-order chi connectivity index (χ0) is 30.5. The number of hydrazine groups is 1. The maximum atomic E-state index is 15.2. The summed E-state index contributed by atoms with van der Waals surface area (Å²) in [4.78, 5) is 46.4. The van der Waals surface area contributed by atoms with Gasteiger partial charge in [-0.1, -0.05) is 73.7 Å². The predicted octanol–water partition coefficient (Wildman–Crippen LogP) is 3.85. The minimum absolute atomic E-state index is 0.0293. The van der Waals surface area contributed by atoms with Crippen LogP contribution in [0, 0.1) is 5.82 Å². The molecule has 0 radical (unpaired) electrons. The summed E-state index contributed by atoms with van der Waals surface area (Å²) in [5.74, 6) is -0.845. The van der Waals surface area contributed by atoms with Crippen molar-refractivity contribution in [3.05, 3.63) is 101 Å². The molecule has 0 aliphatic carbocycles. The third-order valence-corrected chi connectivity index (χ3v) is 8.03. The summed E-state index contributed by atoms with van der Waals surface area (Å²) in [6.07, 6.45) is 0.411. The summed E-state index contributed by atoms with van der Waals surface area (Å²) in [5, 5.41) is 6.36. The number of hydrogen-bond donors (Lipinski definition) is 1. The highest BCUT2D eigenvalue weighted by molar-refractivity contribution is 5.92. The number of carbonyl (C=O) groups excluding carboxylic acids is 3. The maximum Gasteiger partial charge on any atom is 0.332 e. The zero-order valence-electron chi connectivity index (χ0n) is 24.9. The van der Waals surface area contributed by atoms with Crippen molar-refractivity contribution in [3.8, 4) is 0 Å². The molecule has 3 aromatic carbocycles. The van der Waals surface area contributed by atoms with Crippen LogP contribution in [-0.4, -0.2) is 83.6 Å². The van der Waals surface area contributed by atoms with Crippen molar-refractivity contribution in [1.82, 2.24) is 25.1 Å². The number of anilines is 1. The highest BCUT2D eigenvalue weighted by atomic mass is 19.1. The summed E-state index contributed by atoms with van der Waals surface area (Å²) in [7, 11) is 3.68. The van der Waals surface area contributed by atoms with Gasteiger partial charge in [-0.2, -0.15) is 5.01 Å². The van der Waals surface area contributed by atoms with E-state index in [1.54, 1.807) is 25.9 Å². The molecule has 4 amide bonds. The highest BCUT2D eigenvalue weighted by Gasteiger charge is 2.52. The van der Waals surface area contributed by atoms with E-state index >= 15 is 4.39 Å². The first-order chi connectivity index (χ1) is 20.8. The molecule has 0 aromatic heterocycles. The van der Waals surface area contributed by atoms with Crippen molar-refractivity contribution in [2.24, 2.45) is 0 Å². The summed E-state index contributed by atoms with van der Waals surface area (Å²) in [6, 6.07) is 23.0. The number of amides is 4. The van der Waals surface area contributed by atoms with Gasteiger partial charge in [0.15, 0.2) is 0 Å². The molecule has 0 spiro atoms. The van der Waals surface area contributed by atoms with Crippen LogP contribution in [-0.2, 0) is 29.1 Å². The molecule has 2 saturated heterocycles. The molecule has 1 N–H and O–H groups in total. The lowest BCUT2D eigenvalue weighted by Crippen LogP contribution is -2.66. The number of fused-ring (bicyclic) bond motifs is 1. The Morgan fingerprint density at radius 2 is 1.63 bits per heavy atom. The molecular weight excluding hydrogens is 547 g/mol. The number of carbonyl (C=O) groups is 3. The lowest BCUT2D eigenvalue weighted by Gasteiger charge is -2.46. The van der Waals surface area contributed by atoms with Gasteiger partial charge >= 0.3 is 6.03 Å². The molecule has 5 rings (SSSR count). The van der Waals surface area contributed by atoms with Crippen molar-refractivity contribution in [3.63, 3.8) is 0 Å². The van der Waals surface area contributed by atoms with Crippen molar-refractivity contribution >= 4 is 23.5 Å². The number of rotatable bonds is 10. The number of halogens is 1. The van der Waals surface area contributed by atoms with Crippen LogP contribution in [0.4, 0.5) is 14.9 Å². The topological polar surface area (TPSA) is 79.4 Å². The fourth-order valence-electron chi connectivity index (χ4n) is 5.96. The molecule has 43 heavy (non-hydrogen) atoms. The van der Waals surface area contributed by atoms with E-state index in [-0.39, 0.29) is 37.5 Å². The molecule has 0 bridgehead atoms. The van der Waals surface area contributed by atoms with Gasteiger partial charge in [0.1, 0.15) is 18.0 Å². The predicted molar refractivity (Wildman–Crippen MR) is 163 cm³/mol. The highest BCUT2D eigenvalue weighted by Crippen LogP contribution is 2.32. The van der Waals surface area contributed by atoms with Gasteiger partial charge < -0.3 is 20.0 Å². The summed E-state index contributed by atoms with van der Waals surface area (Å²) in [6.45, 7) is 2.88. The van der Waals surface area contributed by atoms with E-state index < -0.39 is 18.0 Å². The fraction of sp³-hybridized carbons (Fsp3) is 0.364. The van der Waals surface area contributed by atoms with Crippen LogP contribution >= 0.6 is 0 Å². The van der Waals surface area contributed by atoms with E-state index in [1.165, 1.54) is 6.07 Å². The van der Waals surface area contributed by atoms with Crippen molar-refractivity contribution in [2.75, 3.05) is 38.6 Å². The second kappa shape index (κ2) is 13.2. The van der Waals surface area contributed by atoms with Gasteiger partial charge in [-0.3, -0.25) is 14.6 Å². The van der Waals surface area contributed by atoms with Crippen LogP contribution in [0.3, 0.4) is 0 Å². The minimum Gasteiger partial charge on any atom is -0.377 e. The van der Waals surface area contributed by atoms with Gasteiger partial charge in [-0.15, -0.1) is 0 Å². The largest absolute Gasteiger partial charge is 0.377 e. The molecule has 2 fully saturated rings. The van der Waals surface area contributed by atoms with E-state index in [2.05, 4.69) is 5.32 Å². The SMILES string of the molecule is CCCN(C(=O)NCc1ccccc1)N1CC(=O)N2[C@@H](Cc3ccccc3)C(=O)N(Cc3c(F)cccc3N(C)C)C[C@@H]21. The van der Waals surface area contributed by atoms with Gasteiger partial charge in [0, 0.05) is 44.9 Å². The first-order valence-electron chi connectivity index (χ1n) is 14.7. The Morgan fingerprint density at radius 1 is 0.953 bits per heavy atom. The Labute approximate surface area is 252 Å². The van der Waals surface area contributed by atoms with Crippen molar-refractivity contribution < 1.29 is 18.8 Å². The lowest BCUT2D eigenvalue weighted by molar-refractivity contribution is -0.157. The van der Waals surface area contributed by atoms with Crippen LogP contribution in [0.15, 0.2) is 78.9 Å². The molecule has 2 heterocycles. The number of nitrogens with one attached hydrogen (secondary N) is 1. The second-order valence-corrected chi connectivity index (χ2v) is 11.2. The first kappa shape index (κ1) is 30.0. The Kier molecular flexibility index (Phi) is 9.25. The van der Waals surface area contributed by atoms with Crippen LogP contribution < -0.4 is 10.2 Å². The van der Waals surface area contributed by atoms with Gasteiger partial charge in [-0.25, -0.2) is 9.18 Å². The van der Waals surface area contributed by atoms with Gasteiger partial charge in [0.05, 0.1) is 19.6 Å². The molecule has 226 valence electrons. The molecule has 2 aliphatic heterocycles. The second-order valence-electron chi connectivity index (χ2n) is 11.2. The van der Waals surface area contributed by atoms with Gasteiger partial charge in [-0.05, 0) is 29.7 Å². The van der Waals surface area contributed by atoms with Crippen LogP contribution in [0.25, 0.3) is 0 Å². The molecule has 3 aromatic rings. The normalized spacial score (nSPS) is 18.5. The number of hydrogen-bond acceptors (Lipinski definition) is 5. The third kappa shape index (κ3) is 6.49. The van der Waals surface area contributed by atoms with E-state index in [4.69, 9.17) is 0 Å². The fourth-order valence-corrected chi connectivity index (χ4v) is 5.96. The summed E-state index contributed by atoms with van der Waals surface area (Å²) in [5.41, 5.74) is 2.97. The van der Waals surface area contributed by atoms with Crippen LogP contribution in [0.1, 0.15) is 30.0 Å². The zero-order valence-corrected chi connectivity index (χ0v) is 24.9. The van der Waals surface area contributed by atoms with Crippen molar-refractivity contribution in [2.45, 2.75) is 45.1 Å². The van der Waals surface area contributed by atoms with Crippen LogP contribution in [0.2, 0.25) is 0 Å². The van der Waals surface area contributed by atoms with E-state index in [9.17, 15) is 14.4 Å². The third-order valence-electron chi connectivity index (χ3n) is 8.03. The molecule has 2 aliphatic rings. The van der Waals surface area contributed by atoms with Gasteiger partial charge in [0.2, 0.25) is 11.8 Å². The number of piperazine rings is 1. The maximum absolute atomic E-state index is 15.2. The monoisotopic (exact) mass is 586 g/mol. The van der Waals surface area contributed by atoms with E-state index in [0.717, 1.165) is 11.1 Å². The summed E-state index contributed by atoms with van der Waals surface area (Å²) < 4.78 is 15.2. The quantitative estimate of drug-likeness (QED) is 0.391. The summed E-state index contributed by atoms with van der Waals surface area (Å²) >= 11 is 0. The standard InChI is InChI=1S/C33H39FN6O3/c1-4-18-38(33(43)35-20-25-14-9-6-10-15-25)39-23-31(41)40-29(19-24-12-7-5-8-13-24)32(42)37(22-30(39)40)21-26-27(34)16-11-17-28(26)36(2)3/h5-17,29-30H,4,18-23H2,1-3H3,(H,35,43)/t29-,30+/m0/s1. The molecule has 9 nitrogen and oxygen atoms in total. The Bertz CT molecular complexity index is 1440. The average Bonchev–Trinajstić information content (AvgIpc) is 3.33. The minimum atomic E-state index is -0.788. The number of urea groups is 1. The van der Waals surface area contributed by atoms with Gasteiger partial charge in [0.25, 0.3) is 0 Å². The van der Waals surface area contributed by atoms with Crippen molar-refractivity contribution in [1.29, 1.82) is 0 Å². The molecule has 2 atom stereocenters. The Morgan fingerprint density at radius 3 is 2.28 bits per heavy atom.